The van der Waals surface area contributed by atoms with Gasteiger partial charge in [-0.25, -0.2) is 4.39 Å². The largest absolute Gasteiger partial charge is 0.296 e. The topological polar surface area (TPSA) is 3.24 Å². The normalized spacial score (nSPS) is 12.6. The van der Waals surface area contributed by atoms with Crippen LogP contribution in [0.15, 0.2) is 0 Å². The van der Waals surface area contributed by atoms with E-state index in [1.54, 1.807) is 0 Å². The highest BCUT2D eigenvalue weighted by Gasteiger charge is 2.23. The molecule has 0 aliphatic carbocycles. The quantitative estimate of drug-likeness (QED) is 0.588. The van der Waals surface area contributed by atoms with Crippen molar-refractivity contribution in [2.45, 2.75) is 33.2 Å². The monoisotopic (exact) mass is 147 g/mol. The van der Waals surface area contributed by atoms with Crippen LogP contribution in [0.2, 0.25) is 0 Å². The minimum atomic E-state index is -0.274. The van der Waals surface area contributed by atoms with Crippen molar-refractivity contribution in [3.05, 3.63) is 0 Å². The molecule has 0 atom stereocenters. The first-order valence-electron chi connectivity index (χ1n) is 3.89. The lowest BCUT2D eigenvalue weighted by atomic mass is 10.1. The third kappa shape index (κ3) is 2.25. The fraction of sp³-hybridized carbons (Fsp3) is 1.00. The molecule has 1 nitrogen and oxygen atoms in total. The van der Waals surface area contributed by atoms with Crippen LogP contribution < -0.4 is 0 Å². The molecule has 10 heavy (non-hydrogen) atoms. The van der Waals surface area contributed by atoms with E-state index in [9.17, 15) is 4.39 Å². The van der Waals surface area contributed by atoms with Gasteiger partial charge in [0.2, 0.25) is 0 Å². The van der Waals surface area contributed by atoms with Crippen molar-refractivity contribution in [2.24, 2.45) is 0 Å². The molecule has 0 aliphatic heterocycles. The van der Waals surface area contributed by atoms with E-state index >= 15 is 0 Å². The fourth-order valence-electron chi connectivity index (χ4n) is 1.16. The van der Waals surface area contributed by atoms with Crippen LogP contribution in [0.1, 0.15) is 27.7 Å². The van der Waals surface area contributed by atoms with Crippen LogP contribution in [0.25, 0.3) is 0 Å². The summed E-state index contributed by atoms with van der Waals surface area (Å²) in [4.78, 5) is 2.12. The molecular formula is C8H18FN. The number of hydrogen-bond acceptors (Lipinski definition) is 1. The summed E-state index contributed by atoms with van der Waals surface area (Å²) >= 11 is 0. The van der Waals surface area contributed by atoms with E-state index in [-0.39, 0.29) is 12.2 Å². The maximum Gasteiger partial charge on any atom is 0.107 e. The van der Waals surface area contributed by atoms with Crippen LogP contribution in [-0.4, -0.2) is 30.2 Å². The summed E-state index contributed by atoms with van der Waals surface area (Å²) in [6.07, 6.45) is 0. The van der Waals surface area contributed by atoms with E-state index in [4.69, 9.17) is 0 Å². The molecule has 0 aromatic heterocycles. The molecule has 0 heterocycles. The first-order valence-corrected chi connectivity index (χ1v) is 3.89. The van der Waals surface area contributed by atoms with Gasteiger partial charge in [-0.15, -0.1) is 0 Å². The van der Waals surface area contributed by atoms with Crippen molar-refractivity contribution in [1.29, 1.82) is 0 Å². The van der Waals surface area contributed by atoms with Crippen LogP contribution in [0.4, 0.5) is 4.39 Å². The molecule has 0 fully saturated rings. The zero-order valence-electron chi connectivity index (χ0n) is 7.45. The molecule has 0 aromatic rings. The molecule has 0 aliphatic rings. The Hall–Kier alpha value is -0.110. The summed E-state index contributed by atoms with van der Waals surface area (Å²) in [6.45, 7) is 9.55. The van der Waals surface area contributed by atoms with Crippen LogP contribution in [0.5, 0.6) is 0 Å². The molecule has 0 unspecified atom stereocenters. The first kappa shape index (κ1) is 9.89. The Morgan fingerprint density at radius 3 is 1.70 bits per heavy atom. The van der Waals surface area contributed by atoms with Gasteiger partial charge in [0.15, 0.2) is 0 Å². The van der Waals surface area contributed by atoms with Crippen molar-refractivity contribution in [3.8, 4) is 0 Å². The van der Waals surface area contributed by atoms with Gasteiger partial charge in [-0.1, -0.05) is 13.8 Å². The Morgan fingerprint density at radius 2 is 1.60 bits per heavy atom. The van der Waals surface area contributed by atoms with Crippen molar-refractivity contribution in [3.63, 3.8) is 0 Å². The van der Waals surface area contributed by atoms with E-state index in [0.717, 1.165) is 13.1 Å². The SMILES string of the molecule is CCN(CC)C(C)(C)CF. The number of halogens is 1. The lowest BCUT2D eigenvalue weighted by Crippen LogP contribution is -2.45. The zero-order chi connectivity index (χ0) is 8.20. The van der Waals surface area contributed by atoms with E-state index < -0.39 is 0 Å². The summed E-state index contributed by atoms with van der Waals surface area (Å²) in [7, 11) is 0. The minimum absolute atomic E-state index is 0.269. The first-order chi connectivity index (χ1) is 4.58. The molecule has 0 rings (SSSR count). The molecule has 0 radical (unpaired) electrons. The highest BCUT2D eigenvalue weighted by molar-refractivity contribution is 4.78. The van der Waals surface area contributed by atoms with Gasteiger partial charge in [-0.2, -0.15) is 0 Å². The van der Waals surface area contributed by atoms with Crippen molar-refractivity contribution in [2.75, 3.05) is 19.8 Å². The summed E-state index contributed by atoms with van der Waals surface area (Å²) in [5, 5.41) is 0. The van der Waals surface area contributed by atoms with Crippen LogP contribution >= 0.6 is 0 Å². The summed E-state index contributed by atoms with van der Waals surface area (Å²) < 4.78 is 12.4. The molecular weight excluding hydrogens is 129 g/mol. The summed E-state index contributed by atoms with van der Waals surface area (Å²) in [5.41, 5.74) is -0.274. The molecule has 0 amide bonds. The average molecular weight is 147 g/mol. The molecule has 0 saturated carbocycles. The maximum atomic E-state index is 12.4. The van der Waals surface area contributed by atoms with Gasteiger partial charge in [0.05, 0.1) is 0 Å². The maximum absolute atomic E-state index is 12.4. The Morgan fingerprint density at radius 1 is 1.20 bits per heavy atom. The van der Waals surface area contributed by atoms with E-state index in [1.807, 2.05) is 13.8 Å². The molecule has 0 spiro atoms. The Kier molecular flexibility index (Phi) is 3.87. The Bertz CT molecular complexity index is 87.3. The van der Waals surface area contributed by atoms with Crippen LogP contribution in [0.3, 0.4) is 0 Å². The van der Waals surface area contributed by atoms with Gasteiger partial charge < -0.3 is 0 Å². The van der Waals surface area contributed by atoms with Gasteiger partial charge in [0.25, 0.3) is 0 Å². The van der Waals surface area contributed by atoms with Crippen molar-refractivity contribution < 1.29 is 4.39 Å². The molecule has 0 aromatic carbocycles. The number of nitrogens with zero attached hydrogens (tertiary/aromatic N) is 1. The number of alkyl halides is 1. The van der Waals surface area contributed by atoms with E-state index in [0.29, 0.717) is 0 Å². The van der Waals surface area contributed by atoms with Gasteiger partial charge >= 0.3 is 0 Å². The van der Waals surface area contributed by atoms with Crippen LogP contribution in [-0.2, 0) is 0 Å². The predicted octanol–water partition coefficient (Wildman–Crippen LogP) is 2.08. The Labute approximate surface area is 63.2 Å². The molecule has 0 N–H and O–H groups in total. The molecule has 0 bridgehead atoms. The average Bonchev–Trinajstić information content (AvgIpc) is 1.90. The summed E-state index contributed by atoms with van der Waals surface area (Å²) in [5.74, 6) is 0. The Balaban J connectivity index is 3.97. The summed E-state index contributed by atoms with van der Waals surface area (Å²) in [6, 6.07) is 0. The third-order valence-electron chi connectivity index (χ3n) is 1.95. The predicted molar refractivity (Wildman–Crippen MR) is 43.0 cm³/mol. The number of rotatable bonds is 4. The second kappa shape index (κ2) is 3.91. The van der Waals surface area contributed by atoms with E-state index in [2.05, 4.69) is 18.7 Å². The molecule has 2 heteroatoms. The zero-order valence-corrected chi connectivity index (χ0v) is 7.45. The lowest BCUT2D eigenvalue weighted by molar-refractivity contribution is 0.104. The van der Waals surface area contributed by atoms with E-state index in [1.165, 1.54) is 0 Å². The number of hydrogen-bond donors (Lipinski definition) is 0. The minimum Gasteiger partial charge on any atom is -0.296 e. The van der Waals surface area contributed by atoms with Gasteiger partial charge in [-0.3, -0.25) is 4.90 Å². The van der Waals surface area contributed by atoms with Crippen LogP contribution in [0, 0.1) is 0 Å². The fourth-order valence-corrected chi connectivity index (χ4v) is 1.16. The lowest BCUT2D eigenvalue weighted by Gasteiger charge is -2.34. The van der Waals surface area contributed by atoms with Crippen molar-refractivity contribution >= 4 is 0 Å². The van der Waals surface area contributed by atoms with Crippen molar-refractivity contribution in [1.82, 2.24) is 4.90 Å². The second-order valence-electron chi connectivity index (χ2n) is 3.12. The highest BCUT2D eigenvalue weighted by Crippen LogP contribution is 2.13. The smallest absolute Gasteiger partial charge is 0.107 e. The van der Waals surface area contributed by atoms with Gasteiger partial charge in [0.1, 0.15) is 6.67 Å². The highest BCUT2D eigenvalue weighted by atomic mass is 19.1. The molecule has 62 valence electrons. The third-order valence-corrected chi connectivity index (χ3v) is 1.95. The molecule has 0 saturated heterocycles. The van der Waals surface area contributed by atoms with Gasteiger partial charge in [0, 0.05) is 5.54 Å². The van der Waals surface area contributed by atoms with Gasteiger partial charge in [-0.05, 0) is 26.9 Å². The standard InChI is InChI=1S/C8H18FN/c1-5-10(6-2)8(3,4)7-9/h5-7H2,1-4H3. The second-order valence-corrected chi connectivity index (χ2v) is 3.12.